The number of guanidine groups is 1. The molecule has 1 rings (SSSR count). The van der Waals surface area contributed by atoms with Gasteiger partial charge in [0.2, 0.25) is 0 Å². The van der Waals surface area contributed by atoms with E-state index in [0.717, 1.165) is 6.07 Å². The van der Waals surface area contributed by atoms with Crippen LogP contribution in [-0.2, 0) is 11.6 Å². The highest BCUT2D eigenvalue weighted by Gasteiger charge is 2.34. The van der Waals surface area contributed by atoms with Crippen molar-refractivity contribution in [2.75, 3.05) is 0 Å². The van der Waals surface area contributed by atoms with E-state index in [4.69, 9.17) is 22.7 Å². The number of nitrogens with one attached hydrogen (secondary N) is 2. The molecule has 1 aromatic carbocycles. The van der Waals surface area contributed by atoms with Gasteiger partial charge in [-0.1, -0.05) is 32.4 Å². The molecule has 0 spiro atoms. The molecule has 0 aliphatic heterocycles. The smallest absolute Gasteiger partial charge is 0.370 e. The van der Waals surface area contributed by atoms with Crippen LogP contribution in [0.1, 0.15) is 42.3 Å². The number of nitrogens with two attached hydrogens (primary N) is 1. The molecule has 4 nitrogen and oxygen atoms in total. The maximum absolute atomic E-state index is 13.0. The van der Waals surface area contributed by atoms with Crippen LogP contribution in [0, 0.1) is 5.41 Å². The molecule has 116 valence electrons. The molecule has 1 aromatic rings. The summed E-state index contributed by atoms with van der Waals surface area (Å²) in [6, 6.07) is 1.57. The zero-order valence-corrected chi connectivity index (χ0v) is 12.4. The molecule has 0 saturated heterocycles. The Bertz CT molecular complexity index is 592. The highest BCUT2D eigenvalue weighted by Crippen LogP contribution is 2.38. The molecule has 0 heterocycles. The van der Waals surface area contributed by atoms with Crippen molar-refractivity contribution in [2.24, 2.45) is 5.73 Å². The lowest BCUT2D eigenvalue weighted by atomic mass is 9.84. The lowest BCUT2D eigenvalue weighted by molar-refractivity contribution is -0.137. The first-order valence-electron chi connectivity index (χ1n) is 5.90. The second-order valence-electron chi connectivity index (χ2n) is 5.50. The molecule has 0 aromatic heterocycles. The SMILES string of the molecule is CC(C)(C)c1cc(C(F)(F)F)cc(C(=O)NC(=N)N)c1Cl. The maximum atomic E-state index is 13.0. The van der Waals surface area contributed by atoms with Crippen LogP contribution >= 0.6 is 11.6 Å². The molecule has 0 aliphatic carbocycles. The van der Waals surface area contributed by atoms with Crippen molar-refractivity contribution in [2.45, 2.75) is 32.4 Å². The van der Waals surface area contributed by atoms with Gasteiger partial charge in [0.05, 0.1) is 16.1 Å². The van der Waals surface area contributed by atoms with E-state index in [9.17, 15) is 18.0 Å². The van der Waals surface area contributed by atoms with Gasteiger partial charge in [0.15, 0.2) is 5.96 Å². The van der Waals surface area contributed by atoms with Crippen molar-refractivity contribution < 1.29 is 18.0 Å². The number of hydrogen-bond donors (Lipinski definition) is 3. The molecule has 21 heavy (non-hydrogen) atoms. The quantitative estimate of drug-likeness (QED) is 0.548. The van der Waals surface area contributed by atoms with E-state index < -0.39 is 29.0 Å². The van der Waals surface area contributed by atoms with Gasteiger partial charge in [-0.05, 0) is 23.1 Å². The zero-order valence-electron chi connectivity index (χ0n) is 11.7. The van der Waals surface area contributed by atoms with Crippen molar-refractivity contribution in [3.05, 3.63) is 33.8 Å². The average molecular weight is 322 g/mol. The number of alkyl halides is 3. The highest BCUT2D eigenvalue weighted by atomic mass is 35.5. The van der Waals surface area contributed by atoms with Gasteiger partial charge in [-0.3, -0.25) is 15.5 Å². The fourth-order valence-corrected chi connectivity index (χ4v) is 2.17. The zero-order chi connectivity index (χ0) is 16.6. The second-order valence-corrected chi connectivity index (χ2v) is 5.88. The minimum absolute atomic E-state index is 0.0887. The largest absolute Gasteiger partial charge is 0.416 e. The van der Waals surface area contributed by atoms with Crippen LogP contribution in [0.2, 0.25) is 5.02 Å². The van der Waals surface area contributed by atoms with Gasteiger partial charge in [-0.2, -0.15) is 13.2 Å². The van der Waals surface area contributed by atoms with Gasteiger partial charge in [0.1, 0.15) is 0 Å². The normalized spacial score (nSPS) is 12.1. The lowest BCUT2D eigenvalue weighted by Gasteiger charge is -2.24. The molecule has 0 atom stereocenters. The Morgan fingerprint density at radius 2 is 1.81 bits per heavy atom. The van der Waals surface area contributed by atoms with Crippen LogP contribution in [0.3, 0.4) is 0 Å². The summed E-state index contributed by atoms with van der Waals surface area (Å²) in [5, 5.41) is 8.82. The van der Waals surface area contributed by atoms with Crippen LogP contribution in [0.25, 0.3) is 0 Å². The van der Waals surface area contributed by atoms with Crippen molar-refractivity contribution in [1.82, 2.24) is 5.32 Å². The van der Waals surface area contributed by atoms with E-state index in [1.165, 1.54) is 0 Å². The molecular weight excluding hydrogens is 307 g/mol. The molecule has 8 heteroatoms. The molecule has 0 unspecified atom stereocenters. The molecular formula is C13H15ClF3N3O. The molecule has 4 N–H and O–H groups in total. The Morgan fingerprint density at radius 1 is 1.29 bits per heavy atom. The van der Waals surface area contributed by atoms with Crippen LogP contribution in [0.15, 0.2) is 12.1 Å². The maximum Gasteiger partial charge on any atom is 0.416 e. The number of amides is 1. The summed E-state index contributed by atoms with van der Waals surface area (Å²) in [6.45, 7) is 5.04. The van der Waals surface area contributed by atoms with Gasteiger partial charge in [-0.25, -0.2) is 0 Å². The Morgan fingerprint density at radius 3 is 2.19 bits per heavy atom. The van der Waals surface area contributed by atoms with E-state index in [0.29, 0.717) is 6.07 Å². The molecule has 0 aliphatic rings. The summed E-state index contributed by atoms with van der Waals surface area (Å²) in [5.74, 6) is -1.63. The Hall–Kier alpha value is -1.76. The summed E-state index contributed by atoms with van der Waals surface area (Å²) < 4.78 is 38.9. The first-order chi connectivity index (χ1) is 9.34. The number of hydrogen-bond acceptors (Lipinski definition) is 2. The number of carbonyl (C=O) groups excluding carboxylic acids is 1. The van der Waals surface area contributed by atoms with Crippen molar-refractivity contribution in [1.29, 1.82) is 5.41 Å². The predicted octanol–water partition coefficient (Wildman–Crippen LogP) is 3.28. The third-order valence-electron chi connectivity index (χ3n) is 2.70. The van der Waals surface area contributed by atoms with E-state index in [1.54, 1.807) is 20.8 Å². The Balaban J connectivity index is 3.56. The monoisotopic (exact) mass is 321 g/mol. The summed E-state index contributed by atoms with van der Waals surface area (Å²) in [4.78, 5) is 11.9. The van der Waals surface area contributed by atoms with Crippen LogP contribution in [0.5, 0.6) is 0 Å². The van der Waals surface area contributed by atoms with Gasteiger partial charge in [0, 0.05) is 0 Å². The molecule has 1 amide bonds. The standard InChI is InChI=1S/C13H15ClF3N3O/c1-12(2,3)8-5-6(13(15,16)17)4-7(9(8)14)10(21)20-11(18)19/h4-5H,1-3H3,(H4,18,19,20,21). The Kier molecular flexibility index (Phi) is 4.57. The third-order valence-corrected chi connectivity index (χ3v) is 3.11. The Labute approximate surface area is 125 Å². The lowest BCUT2D eigenvalue weighted by Crippen LogP contribution is -2.36. The molecule has 0 radical (unpaired) electrons. The number of halogens is 4. The summed E-state index contributed by atoms with van der Waals surface area (Å²) in [7, 11) is 0. The molecule has 0 bridgehead atoms. The van der Waals surface area contributed by atoms with Crippen molar-refractivity contribution >= 4 is 23.5 Å². The number of benzene rings is 1. The van der Waals surface area contributed by atoms with Crippen LogP contribution < -0.4 is 11.1 Å². The summed E-state index contributed by atoms with van der Waals surface area (Å²) in [6.07, 6.45) is -4.62. The topological polar surface area (TPSA) is 79.0 Å². The fourth-order valence-electron chi connectivity index (χ4n) is 1.69. The first-order valence-corrected chi connectivity index (χ1v) is 6.28. The molecule has 0 saturated carbocycles. The van der Waals surface area contributed by atoms with E-state index >= 15 is 0 Å². The summed E-state index contributed by atoms with van der Waals surface area (Å²) >= 11 is 6.05. The second kappa shape index (κ2) is 5.55. The fraction of sp³-hybridized carbons (Fsp3) is 0.385. The van der Waals surface area contributed by atoms with Gasteiger partial charge in [0.25, 0.3) is 5.91 Å². The average Bonchev–Trinajstić information content (AvgIpc) is 2.24. The van der Waals surface area contributed by atoms with Gasteiger partial charge >= 0.3 is 6.18 Å². The number of carbonyl (C=O) groups is 1. The van der Waals surface area contributed by atoms with Gasteiger partial charge < -0.3 is 5.73 Å². The van der Waals surface area contributed by atoms with E-state index in [-0.39, 0.29) is 16.1 Å². The summed E-state index contributed by atoms with van der Waals surface area (Å²) in [5.41, 5.74) is 3.16. The van der Waals surface area contributed by atoms with Crippen LogP contribution in [-0.4, -0.2) is 11.9 Å². The van der Waals surface area contributed by atoms with Crippen molar-refractivity contribution in [3.8, 4) is 0 Å². The molecule has 0 fully saturated rings. The minimum atomic E-state index is -4.62. The number of rotatable bonds is 1. The van der Waals surface area contributed by atoms with E-state index in [1.807, 2.05) is 5.32 Å². The first kappa shape index (κ1) is 17.3. The third kappa shape index (κ3) is 4.10. The van der Waals surface area contributed by atoms with E-state index in [2.05, 4.69) is 0 Å². The highest BCUT2D eigenvalue weighted by molar-refractivity contribution is 6.35. The van der Waals surface area contributed by atoms with Gasteiger partial charge in [-0.15, -0.1) is 0 Å². The van der Waals surface area contributed by atoms with Crippen molar-refractivity contribution in [3.63, 3.8) is 0 Å². The van der Waals surface area contributed by atoms with Crippen LogP contribution in [0.4, 0.5) is 13.2 Å². The minimum Gasteiger partial charge on any atom is -0.370 e. The predicted molar refractivity (Wildman–Crippen MR) is 74.5 cm³/mol.